The van der Waals surface area contributed by atoms with Crippen LogP contribution in [0.2, 0.25) is 0 Å². The number of halogens is 1. The molecule has 0 spiro atoms. The molecule has 2 aliphatic rings. The van der Waals surface area contributed by atoms with Crippen LogP contribution in [0.3, 0.4) is 0 Å². The lowest BCUT2D eigenvalue weighted by Gasteiger charge is -2.36. The molecule has 2 saturated carbocycles. The maximum Gasteiger partial charge on any atom is 0.0601 e. The highest BCUT2D eigenvalue weighted by atomic mass is 35.5. The molecule has 0 unspecified atom stereocenters. The second-order valence-corrected chi connectivity index (χ2v) is 6.90. The van der Waals surface area contributed by atoms with Gasteiger partial charge in [0.25, 0.3) is 0 Å². The summed E-state index contributed by atoms with van der Waals surface area (Å²) >= 11 is 5.38. The van der Waals surface area contributed by atoms with E-state index in [1.807, 2.05) is 0 Å². The first-order valence-electron chi connectivity index (χ1n) is 7.14. The zero-order valence-electron chi connectivity index (χ0n) is 11.9. The average molecular weight is 261 g/mol. The third kappa shape index (κ3) is 2.81. The van der Waals surface area contributed by atoms with Gasteiger partial charge in [0.05, 0.1) is 6.10 Å². The first kappa shape index (κ1) is 15.3. The molecule has 1 nitrogen and oxygen atoms in total. The normalized spacial score (nSPS) is 37.8. The summed E-state index contributed by atoms with van der Waals surface area (Å²) in [5.41, 5.74) is 0.601. The molecule has 0 radical (unpaired) electrons. The van der Waals surface area contributed by atoms with E-state index in [1.54, 1.807) is 0 Å². The van der Waals surface area contributed by atoms with Crippen LogP contribution < -0.4 is 0 Å². The number of hydrogen-bond acceptors (Lipinski definition) is 1. The fraction of sp³-hybridized carbons (Fsp3) is 1.00. The minimum absolute atomic E-state index is 0.0313. The van der Waals surface area contributed by atoms with E-state index in [1.165, 1.54) is 32.1 Å². The summed E-state index contributed by atoms with van der Waals surface area (Å²) in [7, 11) is 0. The van der Waals surface area contributed by atoms with Gasteiger partial charge in [-0.2, -0.15) is 0 Å². The molecule has 0 aliphatic heterocycles. The van der Waals surface area contributed by atoms with E-state index in [-0.39, 0.29) is 11.5 Å². The Hall–Kier alpha value is 0.250. The van der Waals surface area contributed by atoms with Gasteiger partial charge >= 0.3 is 0 Å². The van der Waals surface area contributed by atoms with Crippen molar-refractivity contribution in [1.29, 1.82) is 0 Å². The fourth-order valence-corrected chi connectivity index (χ4v) is 3.69. The van der Waals surface area contributed by atoms with Crippen LogP contribution in [-0.4, -0.2) is 17.1 Å². The van der Waals surface area contributed by atoms with E-state index in [4.69, 9.17) is 11.6 Å². The third-order valence-electron chi connectivity index (χ3n) is 5.49. The quantitative estimate of drug-likeness (QED) is 0.580. The van der Waals surface area contributed by atoms with E-state index in [0.29, 0.717) is 5.41 Å². The highest BCUT2D eigenvalue weighted by Gasteiger charge is 2.60. The van der Waals surface area contributed by atoms with E-state index < -0.39 is 0 Å². The standard InChI is InChI=1S/C10H18O.C5H11Cl/c1-9(2)7-4-5-10(9,3)8(11)6-7;1-2-3-4-5-6/h7-8,11H,4-6H2,1-3H3;2-5H2,1H3/t7-,8+,10-;/m1./s1. The van der Waals surface area contributed by atoms with Crippen molar-refractivity contribution in [2.24, 2.45) is 16.7 Å². The Morgan fingerprint density at radius 1 is 1.24 bits per heavy atom. The SMILES string of the molecule is CC1(C)[C@@H]2CC[C@]1(C)[C@@H](O)C2.CCCCCCl. The van der Waals surface area contributed by atoms with Crippen molar-refractivity contribution < 1.29 is 5.11 Å². The van der Waals surface area contributed by atoms with Crippen LogP contribution in [0.25, 0.3) is 0 Å². The first-order chi connectivity index (χ1) is 7.90. The van der Waals surface area contributed by atoms with Crippen LogP contribution in [0.4, 0.5) is 0 Å². The number of unbranched alkanes of at least 4 members (excludes halogenated alkanes) is 2. The minimum Gasteiger partial charge on any atom is -0.393 e. The molecule has 2 rings (SSSR count). The Labute approximate surface area is 112 Å². The maximum atomic E-state index is 9.81. The molecule has 0 saturated heterocycles. The number of alkyl halides is 1. The largest absolute Gasteiger partial charge is 0.393 e. The van der Waals surface area contributed by atoms with Gasteiger partial charge < -0.3 is 5.11 Å². The molecule has 3 atom stereocenters. The molecule has 0 aromatic heterocycles. The lowest BCUT2D eigenvalue weighted by atomic mass is 9.70. The van der Waals surface area contributed by atoms with E-state index in [9.17, 15) is 5.11 Å². The maximum absolute atomic E-state index is 9.81. The molecule has 2 bridgehead atoms. The summed E-state index contributed by atoms with van der Waals surface area (Å²) in [6, 6.07) is 0. The Morgan fingerprint density at radius 3 is 2.06 bits per heavy atom. The van der Waals surface area contributed by atoms with Crippen molar-refractivity contribution in [2.45, 2.75) is 72.3 Å². The lowest BCUT2D eigenvalue weighted by Crippen LogP contribution is -2.35. The smallest absolute Gasteiger partial charge is 0.0601 e. The molecule has 0 aromatic carbocycles. The van der Waals surface area contributed by atoms with Crippen molar-refractivity contribution in [3.05, 3.63) is 0 Å². The predicted octanol–water partition coefficient (Wildman–Crippen LogP) is 4.61. The Bertz CT molecular complexity index is 235. The Balaban J connectivity index is 0.000000209. The highest BCUT2D eigenvalue weighted by molar-refractivity contribution is 6.17. The zero-order chi connectivity index (χ0) is 13.1. The van der Waals surface area contributed by atoms with Gasteiger partial charge in [-0.15, -0.1) is 11.6 Å². The molecular weight excluding hydrogens is 232 g/mol. The average Bonchev–Trinajstić information content (AvgIpc) is 2.60. The van der Waals surface area contributed by atoms with Crippen LogP contribution in [0.5, 0.6) is 0 Å². The molecular formula is C15H29ClO. The van der Waals surface area contributed by atoms with Gasteiger partial charge in [0.1, 0.15) is 0 Å². The molecule has 0 amide bonds. The number of aliphatic hydroxyl groups is 1. The molecule has 2 fully saturated rings. The van der Waals surface area contributed by atoms with Crippen LogP contribution in [0, 0.1) is 16.7 Å². The van der Waals surface area contributed by atoms with Gasteiger partial charge in [0.2, 0.25) is 0 Å². The van der Waals surface area contributed by atoms with Crippen molar-refractivity contribution in [2.75, 3.05) is 5.88 Å². The van der Waals surface area contributed by atoms with Gasteiger partial charge in [-0.05, 0) is 42.4 Å². The van der Waals surface area contributed by atoms with Crippen LogP contribution in [0.1, 0.15) is 66.2 Å². The zero-order valence-corrected chi connectivity index (χ0v) is 12.7. The van der Waals surface area contributed by atoms with Gasteiger partial charge in [-0.3, -0.25) is 0 Å². The predicted molar refractivity (Wildman–Crippen MR) is 75.5 cm³/mol. The summed E-state index contributed by atoms with van der Waals surface area (Å²) in [6.45, 7) is 9.07. The third-order valence-corrected chi connectivity index (χ3v) is 5.75. The summed E-state index contributed by atoms with van der Waals surface area (Å²) in [5.74, 6) is 1.61. The van der Waals surface area contributed by atoms with Gasteiger partial charge in [-0.1, -0.05) is 40.5 Å². The second kappa shape index (κ2) is 5.93. The van der Waals surface area contributed by atoms with Crippen molar-refractivity contribution in [1.82, 2.24) is 0 Å². The highest BCUT2D eigenvalue weighted by Crippen LogP contribution is 2.65. The molecule has 2 aliphatic carbocycles. The van der Waals surface area contributed by atoms with Gasteiger partial charge in [0.15, 0.2) is 0 Å². The molecule has 17 heavy (non-hydrogen) atoms. The minimum atomic E-state index is -0.0313. The van der Waals surface area contributed by atoms with E-state index in [2.05, 4.69) is 27.7 Å². The molecule has 1 N–H and O–H groups in total. The molecule has 102 valence electrons. The summed E-state index contributed by atoms with van der Waals surface area (Å²) in [5, 5.41) is 9.81. The van der Waals surface area contributed by atoms with Crippen LogP contribution in [-0.2, 0) is 0 Å². The second-order valence-electron chi connectivity index (χ2n) is 6.52. The Kier molecular flexibility index (Phi) is 5.34. The van der Waals surface area contributed by atoms with Crippen LogP contribution >= 0.6 is 11.6 Å². The molecule has 0 heterocycles. The van der Waals surface area contributed by atoms with Gasteiger partial charge in [0, 0.05) is 5.88 Å². The Morgan fingerprint density at radius 2 is 1.88 bits per heavy atom. The van der Waals surface area contributed by atoms with Crippen LogP contribution in [0.15, 0.2) is 0 Å². The molecule has 0 aromatic rings. The number of fused-ring (bicyclic) bond motifs is 2. The van der Waals surface area contributed by atoms with E-state index >= 15 is 0 Å². The van der Waals surface area contributed by atoms with Crippen molar-refractivity contribution in [3.8, 4) is 0 Å². The summed E-state index contributed by atoms with van der Waals surface area (Å²) in [4.78, 5) is 0. The topological polar surface area (TPSA) is 20.2 Å². The number of hydrogen-bond donors (Lipinski definition) is 1. The fourth-order valence-electron chi connectivity index (χ4n) is 3.51. The number of rotatable bonds is 3. The van der Waals surface area contributed by atoms with Crippen molar-refractivity contribution >= 4 is 11.6 Å². The summed E-state index contributed by atoms with van der Waals surface area (Å²) in [6.07, 6.45) is 7.31. The monoisotopic (exact) mass is 260 g/mol. The summed E-state index contributed by atoms with van der Waals surface area (Å²) < 4.78 is 0. The number of aliphatic hydroxyl groups excluding tert-OH is 1. The van der Waals surface area contributed by atoms with Crippen molar-refractivity contribution in [3.63, 3.8) is 0 Å². The van der Waals surface area contributed by atoms with E-state index in [0.717, 1.165) is 18.2 Å². The lowest BCUT2D eigenvalue weighted by molar-refractivity contribution is 0.0126. The first-order valence-corrected chi connectivity index (χ1v) is 7.67. The van der Waals surface area contributed by atoms with Gasteiger partial charge in [-0.25, -0.2) is 0 Å². The molecule has 2 heteroatoms.